The Kier molecular flexibility index (Phi) is 8.25. The largest absolute Gasteiger partial charge is 0.481 e. The summed E-state index contributed by atoms with van der Waals surface area (Å²) < 4.78 is 12.0. The van der Waals surface area contributed by atoms with Crippen LogP contribution in [0.3, 0.4) is 0 Å². The number of aliphatic carboxylic acids is 1. The number of carbonyl (C=O) groups is 2. The normalized spacial score (nSPS) is 20.1. The molecule has 8 nitrogen and oxygen atoms in total. The van der Waals surface area contributed by atoms with Gasteiger partial charge in [0.05, 0.1) is 36.7 Å². The molecule has 36 heavy (non-hydrogen) atoms. The third-order valence-electron chi connectivity index (χ3n) is 7.35. The van der Waals surface area contributed by atoms with E-state index >= 15 is 0 Å². The van der Waals surface area contributed by atoms with E-state index in [9.17, 15) is 9.90 Å². The molecule has 192 valence electrons. The van der Waals surface area contributed by atoms with Crippen molar-refractivity contribution in [1.82, 2.24) is 9.55 Å². The zero-order chi connectivity index (χ0) is 25.7. The minimum atomic E-state index is -0.815. The average molecular weight is 494 g/mol. The molecule has 3 unspecified atom stereocenters. The summed E-state index contributed by atoms with van der Waals surface area (Å²) in [5.41, 5.74) is 5.47. The molecule has 3 aromatic rings. The summed E-state index contributed by atoms with van der Waals surface area (Å²) in [7, 11) is 3.46. The van der Waals surface area contributed by atoms with Gasteiger partial charge < -0.3 is 24.0 Å². The number of carboxylic acid groups (broad SMARTS) is 1. The molecule has 1 saturated heterocycles. The SMILES string of the molecule is CC1CCc2c(ccc3c2nc(CC(C(=O)O)c2ccccc2)n3C2CCCOC2)N1C.COC=O. The number of benzene rings is 2. The number of hydrogen-bond acceptors (Lipinski definition) is 6. The van der Waals surface area contributed by atoms with Gasteiger partial charge in [-0.25, -0.2) is 4.98 Å². The summed E-state index contributed by atoms with van der Waals surface area (Å²) in [6.45, 7) is 4.07. The fourth-order valence-corrected chi connectivity index (χ4v) is 5.31. The highest BCUT2D eigenvalue weighted by Crippen LogP contribution is 2.38. The van der Waals surface area contributed by atoms with E-state index < -0.39 is 11.9 Å². The summed E-state index contributed by atoms with van der Waals surface area (Å²) in [5, 5.41) is 10.1. The molecule has 8 heteroatoms. The van der Waals surface area contributed by atoms with Crippen molar-refractivity contribution in [2.24, 2.45) is 0 Å². The smallest absolute Gasteiger partial charge is 0.311 e. The number of ether oxygens (including phenoxy) is 2. The number of aryl methyl sites for hydroxylation is 1. The Morgan fingerprint density at radius 2 is 2.00 bits per heavy atom. The van der Waals surface area contributed by atoms with Crippen LogP contribution in [0.25, 0.3) is 11.0 Å². The van der Waals surface area contributed by atoms with E-state index in [2.05, 4.69) is 40.3 Å². The van der Waals surface area contributed by atoms with Gasteiger partial charge in [-0.1, -0.05) is 30.3 Å². The monoisotopic (exact) mass is 493 g/mol. The summed E-state index contributed by atoms with van der Waals surface area (Å²) in [6.07, 6.45) is 4.49. The Morgan fingerprint density at radius 1 is 1.25 bits per heavy atom. The van der Waals surface area contributed by atoms with Gasteiger partial charge in [-0.3, -0.25) is 9.59 Å². The Labute approximate surface area is 211 Å². The van der Waals surface area contributed by atoms with Crippen LogP contribution in [0.2, 0.25) is 0 Å². The molecule has 1 N–H and O–H groups in total. The molecular formula is C28H35N3O5. The van der Waals surface area contributed by atoms with E-state index in [0.717, 1.165) is 54.7 Å². The number of aromatic nitrogens is 2. The number of nitrogens with zero attached hydrogens (tertiary/aromatic N) is 3. The second-order valence-corrected chi connectivity index (χ2v) is 9.54. The first kappa shape index (κ1) is 25.7. The van der Waals surface area contributed by atoms with Gasteiger partial charge in [0, 0.05) is 37.4 Å². The van der Waals surface area contributed by atoms with Crippen LogP contribution in [-0.4, -0.2) is 60.5 Å². The molecule has 0 bridgehead atoms. The lowest BCUT2D eigenvalue weighted by molar-refractivity contribution is -0.138. The lowest BCUT2D eigenvalue weighted by atomic mass is 9.95. The van der Waals surface area contributed by atoms with Crippen molar-refractivity contribution in [3.63, 3.8) is 0 Å². The Balaban J connectivity index is 0.000000709. The maximum atomic E-state index is 12.3. The van der Waals surface area contributed by atoms with Gasteiger partial charge in [-0.15, -0.1) is 0 Å². The number of hydrogen-bond donors (Lipinski definition) is 1. The molecule has 5 rings (SSSR count). The van der Waals surface area contributed by atoms with Crippen molar-refractivity contribution < 1.29 is 24.2 Å². The molecule has 1 aromatic heterocycles. The van der Waals surface area contributed by atoms with Crippen LogP contribution in [0.5, 0.6) is 0 Å². The number of fused-ring (bicyclic) bond motifs is 3. The molecule has 0 amide bonds. The van der Waals surface area contributed by atoms with Crippen LogP contribution in [-0.2, 0) is 31.9 Å². The van der Waals surface area contributed by atoms with E-state index in [0.29, 0.717) is 25.5 Å². The predicted octanol–water partition coefficient (Wildman–Crippen LogP) is 4.36. The summed E-state index contributed by atoms with van der Waals surface area (Å²) in [4.78, 5) is 28.7. The highest BCUT2D eigenvalue weighted by Gasteiger charge is 2.30. The van der Waals surface area contributed by atoms with E-state index in [1.165, 1.54) is 18.4 Å². The molecular weight excluding hydrogens is 458 g/mol. The van der Waals surface area contributed by atoms with Crippen molar-refractivity contribution in [1.29, 1.82) is 0 Å². The average Bonchev–Trinajstić information content (AvgIpc) is 3.28. The minimum absolute atomic E-state index is 0.187. The number of imidazole rings is 1. The van der Waals surface area contributed by atoms with E-state index in [1.54, 1.807) is 0 Å². The fourth-order valence-electron chi connectivity index (χ4n) is 5.31. The van der Waals surface area contributed by atoms with Gasteiger partial charge in [-0.05, 0) is 50.3 Å². The molecule has 3 atom stereocenters. The summed E-state index contributed by atoms with van der Waals surface area (Å²) >= 11 is 0. The van der Waals surface area contributed by atoms with Gasteiger partial charge in [-0.2, -0.15) is 0 Å². The van der Waals surface area contributed by atoms with Crippen molar-refractivity contribution >= 4 is 29.2 Å². The first-order valence-electron chi connectivity index (χ1n) is 12.5. The van der Waals surface area contributed by atoms with Crippen molar-refractivity contribution in [2.45, 2.75) is 57.0 Å². The van der Waals surface area contributed by atoms with Crippen molar-refractivity contribution in [3.05, 3.63) is 59.4 Å². The predicted molar refractivity (Wildman–Crippen MR) is 139 cm³/mol. The van der Waals surface area contributed by atoms with E-state index in [1.807, 2.05) is 30.3 Å². The maximum Gasteiger partial charge on any atom is 0.311 e. The number of rotatable bonds is 6. The van der Waals surface area contributed by atoms with Gasteiger partial charge >= 0.3 is 5.97 Å². The Morgan fingerprint density at radius 3 is 2.64 bits per heavy atom. The third kappa shape index (κ3) is 5.23. The second-order valence-electron chi connectivity index (χ2n) is 9.54. The van der Waals surface area contributed by atoms with Gasteiger partial charge in [0.2, 0.25) is 0 Å². The van der Waals surface area contributed by atoms with E-state index in [-0.39, 0.29) is 6.04 Å². The molecule has 0 aliphatic carbocycles. The quantitative estimate of drug-likeness (QED) is 0.510. The van der Waals surface area contributed by atoms with Gasteiger partial charge in [0.15, 0.2) is 0 Å². The fraction of sp³-hybridized carbons (Fsp3) is 0.464. The first-order chi connectivity index (χ1) is 17.5. The zero-order valence-corrected chi connectivity index (χ0v) is 21.2. The molecule has 0 spiro atoms. The number of carbonyl (C=O) groups excluding carboxylic acids is 1. The van der Waals surface area contributed by atoms with Crippen LogP contribution in [0.4, 0.5) is 5.69 Å². The molecule has 3 heterocycles. The molecule has 2 aliphatic rings. The standard InChI is InChI=1S/C26H31N3O3.C2H4O2/c1-17-10-11-20-22(28(17)2)12-13-23-25(20)27-24(29(23)19-9-6-14-32-16-19)15-21(26(30)31)18-7-4-3-5-8-18;1-4-2-3/h3-5,7-8,12-13,17,19,21H,6,9-11,14-16H2,1-2H3,(H,30,31);2H,1H3. The van der Waals surface area contributed by atoms with Gasteiger partial charge in [0.1, 0.15) is 5.82 Å². The highest BCUT2D eigenvalue weighted by molar-refractivity contribution is 5.86. The summed E-state index contributed by atoms with van der Waals surface area (Å²) in [5.74, 6) is -0.596. The molecule has 1 fully saturated rings. The topological polar surface area (TPSA) is 93.9 Å². The molecule has 0 saturated carbocycles. The van der Waals surface area contributed by atoms with Crippen LogP contribution in [0.15, 0.2) is 42.5 Å². The Bertz CT molecular complexity index is 1190. The summed E-state index contributed by atoms with van der Waals surface area (Å²) in [6, 6.07) is 14.6. The lowest BCUT2D eigenvalue weighted by Crippen LogP contribution is -2.33. The molecule has 2 aromatic carbocycles. The third-order valence-corrected chi connectivity index (χ3v) is 7.35. The van der Waals surface area contributed by atoms with Crippen LogP contribution in [0.1, 0.15) is 55.1 Å². The van der Waals surface area contributed by atoms with Crippen LogP contribution < -0.4 is 4.90 Å². The number of carboxylic acids is 1. The Hall–Kier alpha value is -3.39. The maximum absolute atomic E-state index is 12.3. The minimum Gasteiger partial charge on any atom is -0.481 e. The number of anilines is 1. The van der Waals surface area contributed by atoms with E-state index in [4.69, 9.17) is 14.5 Å². The van der Waals surface area contributed by atoms with Crippen molar-refractivity contribution in [2.75, 3.05) is 32.3 Å². The molecule has 0 radical (unpaired) electrons. The van der Waals surface area contributed by atoms with Crippen LogP contribution in [0, 0.1) is 0 Å². The van der Waals surface area contributed by atoms with Crippen molar-refractivity contribution in [3.8, 4) is 0 Å². The molecule has 2 aliphatic heterocycles. The lowest BCUT2D eigenvalue weighted by Gasteiger charge is -2.34. The van der Waals surface area contributed by atoms with Crippen LogP contribution >= 0.6 is 0 Å². The van der Waals surface area contributed by atoms with Gasteiger partial charge in [0.25, 0.3) is 6.47 Å². The first-order valence-corrected chi connectivity index (χ1v) is 12.5. The zero-order valence-electron chi connectivity index (χ0n) is 21.2. The number of methoxy groups -OCH3 is 1. The highest BCUT2D eigenvalue weighted by atomic mass is 16.5. The second kappa shape index (κ2) is 11.6.